The summed E-state index contributed by atoms with van der Waals surface area (Å²) in [6.45, 7) is 3.81. The van der Waals surface area contributed by atoms with Gasteiger partial charge < -0.3 is 9.47 Å². The molecule has 3 heterocycles. The zero-order valence-electron chi connectivity index (χ0n) is 11.6. The average Bonchev–Trinajstić information content (AvgIpc) is 2.96. The maximum atomic E-state index is 5.63. The number of benzene rings is 1. The second-order valence-electron chi connectivity index (χ2n) is 4.77. The fraction of sp³-hybridized carbons (Fsp3) is 0.357. The molecule has 0 spiro atoms. The van der Waals surface area contributed by atoms with E-state index in [1.54, 1.807) is 0 Å². The van der Waals surface area contributed by atoms with E-state index in [-0.39, 0.29) is 0 Å². The molecular weight excluding hydrogens is 288 g/mol. The van der Waals surface area contributed by atoms with Gasteiger partial charge in [-0.15, -0.1) is 0 Å². The van der Waals surface area contributed by atoms with Crippen LogP contribution in [0.15, 0.2) is 32.7 Å². The monoisotopic (exact) mass is 302 g/mol. The van der Waals surface area contributed by atoms with Crippen molar-refractivity contribution in [3.8, 4) is 11.5 Å². The second kappa shape index (κ2) is 5.07. The van der Waals surface area contributed by atoms with Gasteiger partial charge in [-0.05, 0) is 18.2 Å². The number of hydrazone groups is 1. The predicted octanol–water partition coefficient (Wildman–Crippen LogP) is 2.30. The third-order valence-electron chi connectivity index (χ3n) is 3.43. The lowest BCUT2D eigenvalue weighted by atomic mass is 10.1. The second-order valence-corrected chi connectivity index (χ2v) is 5.50. The van der Waals surface area contributed by atoms with Crippen molar-refractivity contribution >= 4 is 28.7 Å². The molecule has 7 heteroatoms. The van der Waals surface area contributed by atoms with E-state index in [4.69, 9.17) is 9.47 Å². The number of fused-ring (bicyclic) bond motifs is 2. The van der Waals surface area contributed by atoms with Gasteiger partial charge in [0.25, 0.3) is 0 Å². The summed E-state index contributed by atoms with van der Waals surface area (Å²) in [7, 11) is 0. The largest absolute Gasteiger partial charge is 0.486 e. The Labute approximate surface area is 126 Å². The first-order chi connectivity index (χ1) is 10.3. The molecule has 6 nitrogen and oxygen atoms in total. The minimum absolute atomic E-state index is 0.561. The molecule has 0 saturated heterocycles. The summed E-state index contributed by atoms with van der Waals surface area (Å²) >= 11 is 1.39. The maximum Gasteiger partial charge on any atom is 0.209 e. The molecule has 21 heavy (non-hydrogen) atoms. The minimum atomic E-state index is 0.561. The fourth-order valence-corrected chi connectivity index (χ4v) is 3.10. The van der Waals surface area contributed by atoms with Gasteiger partial charge in [0.2, 0.25) is 5.17 Å². The van der Waals surface area contributed by atoms with Crippen LogP contribution >= 0.6 is 11.9 Å². The van der Waals surface area contributed by atoms with E-state index in [1.807, 2.05) is 23.2 Å². The predicted molar refractivity (Wildman–Crippen MR) is 83.4 cm³/mol. The number of ether oxygens (including phenoxy) is 2. The molecule has 0 unspecified atom stereocenters. The minimum Gasteiger partial charge on any atom is -0.486 e. The SMILES string of the molecule is CCC1=NSC2=NCC(c3ccc4c(c3)OCCO4)=NN12. The molecule has 0 amide bonds. The molecule has 4 rings (SSSR count). The van der Waals surface area contributed by atoms with Gasteiger partial charge in [-0.2, -0.15) is 14.5 Å². The van der Waals surface area contributed by atoms with Crippen LogP contribution in [-0.4, -0.2) is 41.5 Å². The number of hydrogen-bond donors (Lipinski definition) is 0. The van der Waals surface area contributed by atoms with Crippen molar-refractivity contribution in [3.05, 3.63) is 23.8 Å². The zero-order valence-corrected chi connectivity index (χ0v) is 12.4. The zero-order chi connectivity index (χ0) is 14.2. The van der Waals surface area contributed by atoms with Crippen molar-refractivity contribution in [1.29, 1.82) is 0 Å². The standard InChI is InChI=1S/C14H14N4O2S/c1-2-13-17-21-14-15-8-10(16-18(13)14)9-3-4-11-12(7-9)20-6-5-19-11/h3-4,7H,2,5-6,8H2,1H3. The van der Waals surface area contributed by atoms with Crippen molar-refractivity contribution in [2.75, 3.05) is 19.8 Å². The van der Waals surface area contributed by atoms with Gasteiger partial charge >= 0.3 is 0 Å². The van der Waals surface area contributed by atoms with E-state index < -0.39 is 0 Å². The highest BCUT2D eigenvalue weighted by atomic mass is 32.2. The number of aliphatic imine (C=N–C) groups is 1. The van der Waals surface area contributed by atoms with Crippen molar-refractivity contribution < 1.29 is 9.47 Å². The first-order valence-corrected chi connectivity index (χ1v) is 7.68. The summed E-state index contributed by atoms with van der Waals surface area (Å²) in [4.78, 5) is 4.55. The van der Waals surface area contributed by atoms with E-state index in [0.29, 0.717) is 19.8 Å². The molecule has 0 fully saturated rings. The Hall–Kier alpha value is -2.02. The van der Waals surface area contributed by atoms with E-state index >= 15 is 0 Å². The van der Waals surface area contributed by atoms with E-state index in [2.05, 4.69) is 21.4 Å². The van der Waals surface area contributed by atoms with Crippen LogP contribution < -0.4 is 9.47 Å². The van der Waals surface area contributed by atoms with Crippen LogP contribution in [0, 0.1) is 0 Å². The van der Waals surface area contributed by atoms with Crippen LogP contribution in [-0.2, 0) is 0 Å². The highest BCUT2D eigenvalue weighted by Crippen LogP contribution is 2.32. The Kier molecular flexibility index (Phi) is 3.07. The summed E-state index contributed by atoms with van der Waals surface area (Å²) in [5, 5.41) is 7.37. The Morgan fingerprint density at radius 1 is 1.24 bits per heavy atom. The molecule has 1 aromatic carbocycles. The van der Waals surface area contributed by atoms with E-state index in [9.17, 15) is 0 Å². The lowest BCUT2D eigenvalue weighted by Crippen LogP contribution is -2.31. The van der Waals surface area contributed by atoms with E-state index in [1.165, 1.54) is 11.9 Å². The fourth-order valence-electron chi connectivity index (χ4n) is 2.36. The highest BCUT2D eigenvalue weighted by Gasteiger charge is 2.27. The van der Waals surface area contributed by atoms with Crippen molar-refractivity contribution in [3.63, 3.8) is 0 Å². The van der Waals surface area contributed by atoms with E-state index in [0.717, 1.165) is 40.2 Å². The quantitative estimate of drug-likeness (QED) is 0.787. The molecule has 3 aliphatic rings. The molecule has 0 aromatic heterocycles. The lowest BCUT2D eigenvalue weighted by Gasteiger charge is -2.22. The molecule has 0 N–H and O–H groups in total. The highest BCUT2D eigenvalue weighted by molar-refractivity contribution is 8.13. The smallest absolute Gasteiger partial charge is 0.209 e. The van der Waals surface area contributed by atoms with Crippen molar-refractivity contribution in [1.82, 2.24) is 5.01 Å². The average molecular weight is 302 g/mol. The molecular formula is C14H14N4O2S. The number of hydrogen-bond acceptors (Lipinski definition) is 7. The third kappa shape index (κ3) is 2.17. The maximum absolute atomic E-state index is 5.63. The summed E-state index contributed by atoms with van der Waals surface area (Å²) in [6.07, 6.45) is 0.837. The van der Waals surface area contributed by atoms with Crippen LogP contribution in [0.25, 0.3) is 0 Å². The topological polar surface area (TPSA) is 58.8 Å². The molecule has 0 atom stereocenters. The van der Waals surface area contributed by atoms with Gasteiger partial charge in [0.15, 0.2) is 11.5 Å². The van der Waals surface area contributed by atoms with Gasteiger partial charge in [-0.3, -0.25) is 4.99 Å². The Morgan fingerprint density at radius 2 is 2.10 bits per heavy atom. The van der Waals surface area contributed by atoms with Gasteiger partial charge in [-0.25, -0.2) is 0 Å². The van der Waals surface area contributed by atoms with Crippen molar-refractivity contribution in [2.24, 2.45) is 14.5 Å². The Bertz CT molecular complexity index is 684. The summed E-state index contributed by atoms with van der Waals surface area (Å²) < 4.78 is 15.5. The molecule has 0 bridgehead atoms. The van der Waals surface area contributed by atoms with Crippen molar-refractivity contribution in [2.45, 2.75) is 13.3 Å². The number of nitrogens with zero attached hydrogens (tertiary/aromatic N) is 4. The Balaban J connectivity index is 1.66. The summed E-state index contributed by atoms with van der Waals surface area (Å²) in [6, 6.07) is 5.90. The van der Waals surface area contributed by atoms with Crippen LogP contribution in [0.5, 0.6) is 11.5 Å². The Morgan fingerprint density at radius 3 is 2.95 bits per heavy atom. The molecule has 0 radical (unpaired) electrons. The van der Waals surface area contributed by atoms with Crippen LogP contribution in [0.1, 0.15) is 18.9 Å². The number of amidine groups is 2. The first-order valence-electron chi connectivity index (χ1n) is 6.91. The molecule has 108 valence electrons. The lowest BCUT2D eigenvalue weighted by molar-refractivity contribution is 0.171. The van der Waals surface area contributed by atoms with Crippen LogP contribution in [0.4, 0.5) is 0 Å². The molecule has 0 saturated carbocycles. The number of rotatable bonds is 2. The van der Waals surface area contributed by atoms with Gasteiger partial charge in [0.05, 0.1) is 24.2 Å². The molecule has 0 aliphatic carbocycles. The normalized spacial score (nSPS) is 19.7. The third-order valence-corrected chi connectivity index (χ3v) is 4.20. The van der Waals surface area contributed by atoms with Crippen LogP contribution in [0.3, 0.4) is 0 Å². The molecule has 1 aromatic rings. The summed E-state index contributed by atoms with van der Waals surface area (Å²) in [5.74, 6) is 2.50. The molecule has 3 aliphatic heterocycles. The summed E-state index contributed by atoms with van der Waals surface area (Å²) in [5.41, 5.74) is 1.92. The van der Waals surface area contributed by atoms with Gasteiger partial charge in [0.1, 0.15) is 19.0 Å². The van der Waals surface area contributed by atoms with Gasteiger partial charge in [-0.1, -0.05) is 6.92 Å². The van der Waals surface area contributed by atoms with Crippen LogP contribution in [0.2, 0.25) is 0 Å². The van der Waals surface area contributed by atoms with Gasteiger partial charge in [0, 0.05) is 12.0 Å². The first kappa shape index (κ1) is 12.7.